The van der Waals surface area contributed by atoms with E-state index in [1.54, 1.807) is 0 Å². The molecule has 1 atom stereocenters. The fourth-order valence-electron chi connectivity index (χ4n) is 2.45. The molecule has 1 unspecified atom stereocenters. The van der Waals surface area contributed by atoms with Crippen LogP contribution in [0.3, 0.4) is 0 Å². The summed E-state index contributed by atoms with van der Waals surface area (Å²) >= 11 is 0. The summed E-state index contributed by atoms with van der Waals surface area (Å²) in [5.41, 5.74) is 0. The Morgan fingerprint density at radius 1 is 1.37 bits per heavy atom. The van der Waals surface area contributed by atoms with Crippen LogP contribution >= 0.6 is 0 Å². The SMILES string of the molecule is CCNc1cc(N2CCC(N(C)C)C2)nc(CC)n1. The summed E-state index contributed by atoms with van der Waals surface area (Å²) in [5, 5.41) is 3.29. The lowest BCUT2D eigenvalue weighted by atomic mass is 10.2. The van der Waals surface area contributed by atoms with Gasteiger partial charge in [0.25, 0.3) is 0 Å². The van der Waals surface area contributed by atoms with Crippen LogP contribution in [0.2, 0.25) is 0 Å². The van der Waals surface area contributed by atoms with Crippen LogP contribution in [0.25, 0.3) is 0 Å². The standard InChI is InChI=1S/C14H25N5/c1-5-12-16-13(15-6-2)9-14(17-12)19-8-7-11(10-19)18(3)4/h9,11H,5-8,10H2,1-4H3,(H,15,16,17). The van der Waals surface area contributed by atoms with Crippen molar-refractivity contribution < 1.29 is 0 Å². The van der Waals surface area contributed by atoms with Gasteiger partial charge in [0.05, 0.1) is 0 Å². The summed E-state index contributed by atoms with van der Waals surface area (Å²) in [7, 11) is 4.30. The highest BCUT2D eigenvalue weighted by atomic mass is 15.3. The molecule has 0 amide bonds. The third-order valence-electron chi connectivity index (χ3n) is 3.65. The largest absolute Gasteiger partial charge is 0.370 e. The minimum absolute atomic E-state index is 0.627. The number of nitrogens with one attached hydrogen (secondary N) is 1. The summed E-state index contributed by atoms with van der Waals surface area (Å²) in [4.78, 5) is 13.8. The molecule has 1 aromatic heterocycles. The predicted molar refractivity (Wildman–Crippen MR) is 79.9 cm³/mol. The molecule has 0 spiro atoms. The smallest absolute Gasteiger partial charge is 0.134 e. The Kier molecular flexibility index (Phi) is 4.58. The third-order valence-corrected chi connectivity index (χ3v) is 3.65. The maximum Gasteiger partial charge on any atom is 0.134 e. The Bertz CT molecular complexity index is 418. The lowest BCUT2D eigenvalue weighted by Crippen LogP contribution is -2.31. The molecule has 1 N–H and O–H groups in total. The van der Waals surface area contributed by atoms with Crippen LogP contribution in [0.5, 0.6) is 0 Å². The first kappa shape index (κ1) is 14.1. The van der Waals surface area contributed by atoms with Crippen LogP contribution in [0.4, 0.5) is 11.6 Å². The minimum Gasteiger partial charge on any atom is -0.370 e. The van der Waals surface area contributed by atoms with E-state index >= 15 is 0 Å². The summed E-state index contributed by atoms with van der Waals surface area (Å²) in [6.07, 6.45) is 2.08. The number of hydrogen-bond donors (Lipinski definition) is 1. The van der Waals surface area contributed by atoms with E-state index in [2.05, 4.69) is 59.1 Å². The van der Waals surface area contributed by atoms with Gasteiger partial charge in [-0.3, -0.25) is 0 Å². The molecule has 1 aromatic rings. The van der Waals surface area contributed by atoms with E-state index in [1.807, 2.05) is 0 Å². The molecule has 1 fully saturated rings. The number of nitrogens with zero attached hydrogens (tertiary/aromatic N) is 4. The number of hydrogen-bond acceptors (Lipinski definition) is 5. The Labute approximate surface area is 116 Å². The van der Waals surface area contributed by atoms with E-state index < -0.39 is 0 Å². The Morgan fingerprint density at radius 3 is 2.74 bits per heavy atom. The van der Waals surface area contributed by atoms with E-state index in [0.717, 1.165) is 43.5 Å². The molecule has 5 nitrogen and oxygen atoms in total. The number of aromatic nitrogens is 2. The monoisotopic (exact) mass is 263 g/mol. The fourth-order valence-corrected chi connectivity index (χ4v) is 2.45. The second-order valence-corrected chi connectivity index (χ2v) is 5.26. The third kappa shape index (κ3) is 3.35. The summed E-state index contributed by atoms with van der Waals surface area (Å²) in [5.74, 6) is 2.92. The molecule has 2 rings (SSSR count). The van der Waals surface area contributed by atoms with E-state index in [4.69, 9.17) is 0 Å². The van der Waals surface area contributed by atoms with Crippen LogP contribution in [0.15, 0.2) is 6.07 Å². The summed E-state index contributed by atoms with van der Waals surface area (Å²) < 4.78 is 0. The van der Waals surface area contributed by atoms with Crippen LogP contribution in [0.1, 0.15) is 26.1 Å². The Hall–Kier alpha value is -1.36. The molecular formula is C14H25N5. The Balaban J connectivity index is 2.17. The fraction of sp³-hybridized carbons (Fsp3) is 0.714. The highest BCUT2D eigenvalue weighted by Crippen LogP contribution is 2.22. The summed E-state index contributed by atoms with van der Waals surface area (Å²) in [6.45, 7) is 7.21. The average molecular weight is 263 g/mol. The van der Waals surface area contributed by atoms with Gasteiger partial charge in [-0.1, -0.05) is 6.92 Å². The van der Waals surface area contributed by atoms with Crippen molar-refractivity contribution in [1.29, 1.82) is 0 Å². The highest BCUT2D eigenvalue weighted by Gasteiger charge is 2.25. The van der Waals surface area contributed by atoms with Crippen LogP contribution < -0.4 is 10.2 Å². The van der Waals surface area contributed by atoms with Gasteiger partial charge in [-0.2, -0.15) is 0 Å². The molecule has 0 radical (unpaired) electrons. The molecule has 1 aliphatic rings. The van der Waals surface area contributed by atoms with E-state index in [1.165, 1.54) is 6.42 Å². The molecule has 0 saturated carbocycles. The average Bonchev–Trinajstić information content (AvgIpc) is 2.88. The number of likely N-dealkylation sites (N-methyl/N-ethyl adjacent to an activating group) is 1. The van der Waals surface area contributed by atoms with Crippen molar-refractivity contribution in [2.24, 2.45) is 0 Å². The van der Waals surface area contributed by atoms with Crippen molar-refractivity contribution in [1.82, 2.24) is 14.9 Å². The zero-order chi connectivity index (χ0) is 13.8. The summed E-state index contributed by atoms with van der Waals surface area (Å²) in [6, 6.07) is 2.70. The van der Waals surface area contributed by atoms with Crippen LogP contribution in [-0.4, -0.2) is 54.6 Å². The number of aryl methyl sites for hydroxylation is 1. The molecule has 0 aromatic carbocycles. The van der Waals surface area contributed by atoms with Gasteiger partial charge in [-0.15, -0.1) is 0 Å². The van der Waals surface area contributed by atoms with Gasteiger partial charge >= 0.3 is 0 Å². The van der Waals surface area contributed by atoms with E-state index in [9.17, 15) is 0 Å². The van der Waals surface area contributed by atoms with Gasteiger partial charge in [-0.25, -0.2) is 9.97 Å². The molecule has 19 heavy (non-hydrogen) atoms. The van der Waals surface area contributed by atoms with Crippen LogP contribution in [0, 0.1) is 0 Å². The molecule has 0 aliphatic carbocycles. The number of rotatable bonds is 5. The molecule has 2 heterocycles. The minimum atomic E-state index is 0.627. The zero-order valence-corrected chi connectivity index (χ0v) is 12.5. The van der Waals surface area contributed by atoms with Crippen molar-refractivity contribution in [3.05, 3.63) is 11.9 Å². The molecule has 0 bridgehead atoms. The maximum atomic E-state index is 4.67. The maximum absolute atomic E-state index is 4.67. The molecule has 1 aliphatic heterocycles. The van der Waals surface area contributed by atoms with Gasteiger partial charge in [0.15, 0.2) is 0 Å². The predicted octanol–water partition coefficient (Wildman–Crippen LogP) is 1.61. The van der Waals surface area contributed by atoms with Gasteiger partial charge in [0.1, 0.15) is 17.5 Å². The first-order valence-electron chi connectivity index (χ1n) is 7.17. The number of anilines is 2. The van der Waals surface area contributed by atoms with Crippen molar-refractivity contribution in [3.8, 4) is 0 Å². The lowest BCUT2D eigenvalue weighted by Gasteiger charge is -2.21. The lowest BCUT2D eigenvalue weighted by molar-refractivity contribution is 0.315. The molecular weight excluding hydrogens is 238 g/mol. The zero-order valence-electron chi connectivity index (χ0n) is 12.5. The van der Waals surface area contributed by atoms with Crippen LogP contribution in [-0.2, 0) is 6.42 Å². The van der Waals surface area contributed by atoms with Gasteiger partial charge < -0.3 is 15.1 Å². The first-order chi connectivity index (χ1) is 9.13. The van der Waals surface area contributed by atoms with Crippen molar-refractivity contribution in [2.75, 3.05) is 43.9 Å². The van der Waals surface area contributed by atoms with Gasteiger partial charge in [0, 0.05) is 38.2 Å². The second kappa shape index (κ2) is 6.19. The topological polar surface area (TPSA) is 44.3 Å². The van der Waals surface area contributed by atoms with Crippen molar-refractivity contribution in [3.63, 3.8) is 0 Å². The molecule has 1 saturated heterocycles. The first-order valence-corrected chi connectivity index (χ1v) is 7.17. The van der Waals surface area contributed by atoms with Crippen molar-refractivity contribution in [2.45, 2.75) is 32.7 Å². The normalized spacial score (nSPS) is 19.2. The van der Waals surface area contributed by atoms with Gasteiger partial charge in [-0.05, 0) is 27.4 Å². The Morgan fingerprint density at radius 2 is 2.16 bits per heavy atom. The van der Waals surface area contributed by atoms with Gasteiger partial charge in [0.2, 0.25) is 0 Å². The van der Waals surface area contributed by atoms with E-state index in [-0.39, 0.29) is 0 Å². The molecule has 106 valence electrons. The second-order valence-electron chi connectivity index (χ2n) is 5.26. The molecule has 5 heteroatoms. The van der Waals surface area contributed by atoms with Crippen molar-refractivity contribution >= 4 is 11.6 Å². The van der Waals surface area contributed by atoms with E-state index in [0.29, 0.717) is 6.04 Å². The highest BCUT2D eigenvalue weighted by molar-refractivity contribution is 5.50. The quantitative estimate of drug-likeness (QED) is 0.874.